The van der Waals surface area contributed by atoms with E-state index in [1.807, 2.05) is 0 Å². The van der Waals surface area contributed by atoms with Gasteiger partial charge >= 0.3 is 15.6 Å². The average molecular weight is 240 g/mol. The van der Waals surface area contributed by atoms with Gasteiger partial charge in [-0.1, -0.05) is 18.2 Å². The molecule has 0 radical (unpaired) electrons. The third-order valence-corrected chi connectivity index (χ3v) is 2.21. The van der Waals surface area contributed by atoms with Crippen LogP contribution in [0, 0.1) is 0 Å². The van der Waals surface area contributed by atoms with Crippen molar-refractivity contribution in [2.24, 2.45) is 0 Å². The molecule has 0 atom stereocenters. The maximum atomic E-state index is 11.8. The van der Waals surface area contributed by atoms with Crippen molar-refractivity contribution in [3.05, 3.63) is 30.3 Å². The normalized spacial score (nSPS) is 11.7. The summed E-state index contributed by atoms with van der Waals surface area (Å²) >= 11 is 0. The second-order valence-electron chi connectivity index (χ2n) is 2.30. The average Bonchev–Trinajstić information content (AvgIpc) is 2.03. The number of halogens is 3. The molecule has 1 aromatic carbocycles. The van der Waals surface area contributed by atoms with Crippen molar-refractivity contribution in [1.82, 2.24) is 0 Å². The van der Waals surface area contributed by atoms with Gasteiger partial charge in [0.25, 0.3) is 0 Å². The van der Waals surface area contributed by atoms with E-state index in [4.69, 9.17) is 0 Å². The first-order chi connectivity index (χ1) is 6.33. The van der Waals surface area contributed by atoms with E-state index in [9.17, 15) is 21.6 Å². The molecule has 84 valence electrons. The van der Waals surface area contributed by atoms with Crippen LogP contribution in [0.15, 0.2) is 30.3 Å². The summed E-state index contributed by atoms with van der Waals surface area (Å²) in [7, 11) is -5.55. The van der Waals surface area contributed by atoms with Crippen LogP contribution in [0.25, 0.3) is 0 Å². The lowest BCUT2D eigenvalue weighted by Crippen LogP contribution is -2.27. The van der Waals surface area contributed by atoms with Crippen LogP contribution in [0.4, 0.5) is 13.2 Å². The molecule has 0 bridgehead atoms. The molecular weight excluding hydrogens is 232 g/mol. The number of alkyl halides is 3. The molecule has 1 rings (SSSR count). The molecule has 0 fully saturated rings. The van der Waals surface area contributed by atoms with Gasteiger partial charge in [-0.15, -0.1) is 0 Å². The standard InChI is InChI=1S/C7H5F3O3S.BH3/c8-7(9,10)14(11,12)13-6-4-2-1-3-5-6;/h1-5H;1H3. The summed E-state index contributed by atoms with van der Waals surface area (Å²) in [5.41, 5.74) is -5.40. The summed E-state index contributed by atoms with van der Waals surface area (Å²) in [5.74, 6) is -0.371. The molecule has 0 spiro atoms. The van der Waals surface area contributed by atoms with Gasteiger partial charge in [0.2, 0.25) is 0 Å². The van der Waals surface area contributed by atoms with Crippen LogP contribution in [-0.2, 0) is 10.1 Å². The number of benzene rings is 1. The molecule has 0 saturated heterocycles. The van der Waals surface area contributed by atoms with E-state index >= 15 is 0 Å². The van der Waals surface area contributed by atoms with E-state index in [2.05, 4.69) is 4.18 Å². The van der Waals surface area contributed by atoms with Crippen LogP contribution >= 0.6 is 0 Å². The van der Waals surface area contributed by atoms with Gasteiger partial charge in [0.1, 0.15) is 5.75 Å². The van der Waals surface area contributed by atoms with Crippen LogP contribution < -0.4 is 4.18 Å². The Morgan fingerprint density at radius 1 is 1.07 bits per heavy atom. The minimum atomic E-state index is -5.55. The smallest absolute Gasteiger partial charge is 0.376 e. The van der Waals surface area contributed by atoms with E-state index < -0.39 is 15.6 Å². The topological polar surface area (TPSA) is 43.4 Å². The number of hydrogen-bond acceptors (Lipinski definition) is 3. The Morgan fingerprint density at radius 3 is 1.93 bits per heavy atom. The summed E-state index contributed by atoms with van der Waals surface area (Å²) in [6.45, 7) is 0. The molecule has 15 heavy (non-hydrogen) atoms. The number of rotatable bonds is 2. The van der Waals surface area contributed by atoms with Crippen molar-refractivity contribution in [3.63, 3.8) is 0 Å². The minimum Gasteiger partial charge on any atom is -0.376 e. The van der Waals surface area contributed by atoms with Gasteiger partial charge in [0, 0.05) is 0 Å². The molecule has 3 nitrogen and oxygen atoms in total. The van der Waals surface area contributed by atoms with E-state index in [1.165, 1.54) is 18.2 Å². The van der Waals surface area contributed by atoms with Crippen LogP contribution in [0.2, 0.25) is 0 Å². The van der Waals surface area contributed by atoms with E-state index in [0.717, 1.165) is 12.1 Å². The lowest BCUT2D eigenvalue weighted by molar-refractivity contribution is -0.0500. The van der Waals surface area contributed by atoms with Crippen LogP contribution in [-0.4, -0.2) is 22.3 Å². The molecule has 0 N–H and O–H groups in total. The van der Waals surface area contributed by atoms with Crippen molar-refractivity contribution in [3.8, 4) is 5.75 Å². The molecule has 0 aliphatic heterocycles. The van der Waals surface area contributed by atoms with Gasteiger partial charge in [0.05, 0.1) is 8.41 Å². The monoisotopic (exact) mass is 240 g/mol. The van der Waals surface area contributed by atoms with Crippen molar-refractivity contribution < 1.29 is 25.8 Å². The predicted octanol–water partition coefficient (Wildman–Crippen LogP) is 0.731. The highest BCUT2D eigenvalue weighted by Gasteiger charge is 2.48. The highest BCUT2D eigenvalue weighted by Crippen LogP contribution is 2.26. The summed E-state index contributed by atoms with van der Waals surface area (Å²) in [4.78, 5) is 0. The van der Waals surface area contributed by atoms with Crippen LogP contribution in [0.1, 0.15) is 0 Å². The second kappa shape index (κ2) is 4.56. The Hall–Kier alpha value is -1.18. The lowest BCUT2D eigenvalue weighted by atomic mass is 10.3. The summed E-state index contributed by atoms with van der Waals surface area (Å²) < 4.78 is 60.2. The number of hydrogen-bond donors (Lipinski definition) is 0. The molecule has 8 heteroatoms. The van der Waals surface area contributed by atoms with Crippen LogP contribution in [0.5, 0.6) is 5.75 Å². The maximum Gasteiger partial charge on any atom is 0.534 e. The maximum absolute atomic E-state index is 11.8. The largest absolute Gasteiger partial charge is 0.534 e. The first-order valence-electron chi connectivity index (χ1n) is 3.39. The zero-order valence-corrected chi connectivity index (χ0v) is 7.47. The molecule has 0 heterocycles. The minimum absolute atomic E-state index is 0. The first kappa shape index (κ1) is 13.8. The van der Waals surface area contributed by atoms with Crippen molar-refractivity contribution in [1.29, 1.82) is 0 Å². The zero-order chi connectivity index (χ0) is 10.8. The van der Waals surface area contributed by atoms with Gasteiger partial charge < -0.3 is 4.18 Å². The fourth-order valence-corrected chi connectivity index (χ4v) is 1.11. The van der Waals surface area contributed by atoms with Gasteiger partial charge in [-0.05, 0) is 12.1 Å². The summed E-state index contributed by atoms with van der Waals surface area (Å²) in [6.07, 6.45) is 0. The third-order valence-electron chi connectivity index (χ3n) is 1.23. The Kier molecular flexibility index (Phi) is 4.21. The summed E-state index contributed by atoms with van der Waals surface area (Å²) in [6, 6.07) is 6.47. The first-order valence-corrected chi connectivity index (χ1v) is 4.79. The summed E-state index contributed by atoms with van der Waals surface area (Å²) in [5, 5.41) is 0. The lowest BCUT2D eigenvalue weighted by Gasteiger charge is -2.08. The van der Waals surface area contributed by atoms with Gasteiger partial charge in [0.15, 0.2) is 0 Å². The molecule has 0 amide bonds. The molecule has 0 unspecified atom stereocenters. The van der Waals surface area contributed by atoms with Crippen molar-refractivity contribution >= 4 is 18.5 Å². The Morgan fingerprint density at radius 2 is 1.53 bits per heavy atom. The molecule has 0 aliphatic rings. The van der Waals surface area contributed by atoms with Gasteiger partial charge in [-0.2, -0.15) is 21.6 Å². The molecule has 0 saturated carbocycles. The highest BCUT2D eigenvalue weighted by atomic mass is 32.2. The SMILES string of the molecule is B.O=S(=O)(Oc1ccccc1)C(F)(F)F. The molecule has 0 aromatic heterocycles. The Bertz CT molecular complexity index is 401. The predicted molar refractivity (Wildman–Crippen MR) is 52.0 cm³/mol. The van der Waals surface area contributed by atoms with Gasteiger partial charge in [-0.3, -0.25) is 0 Å². The molecular formula is C7H8BF3O3S. The van der Waals surface area contributed by atoms with Crippen molar-refractivity contribution in [2.75, 3.05) is 0 Å². The number of para-hydroxylation sites is 1. The fourth-order valence-electron chi connectivity index (χ4n) is 0.650. The van der Waals surface area contributed by atoms with E-state index in [-0.39, 0.29) is 14.2 Å². The van der Waals surface area contributed by atoms with Gasteiger partial charge in [-0.25, -0.2) is 0 Å². The van der Waals surface area contributed by atoms with E-state index in [1.54, 1.807) is 0 Å². The molecule has 1 aromatic rings. The Balaban J connectivity index is 0.00000196. The highest BCUT2D eigenvalue weighted by molar-refractivity contribution is 7.87. The molecule has 0 aliphatic carbocycles. The van der Waals surface area contributed by atoms with Crippen LogP contribution in [0.3, 0.4) is 0 Å². The third kappa shape index (κ3) is 3.47. The second-order valence-corrected chi connectivity index (χ2v) is 3.83. The van der Waals surface area contributed by atoms with Crippen molar-refractivity contribution in [2.45, 2.75) is 5.51 Å². The fraction of sp³-hybridized carbons (Fsp3) is 0.143. The van der Waals surface area contributed by atoms with E-state index in [0.29, 0.717) is 0 Å². The quantitative estimate of drug-likeness (QED) is 0.434. The zero-order valence-electron chi connectivity index (χ0n) is 6.65. The Labute approximate surface area is 86.6 Å².